The Morgan fingerprint density at radius 3 is 2.94 bits per heavy atom. The molecule has 0 radical (unpaired) electrons. The first-order chi connectivity index (χ1) is 7.72. The first-order valence-corrected chi connectivity index (χ1v) is 5.76. The quantitative estimate of drug-likeness (QED) is 0.844. The molecule has 0 fully saturated rings. The average molecular weight is 219 g/mol. The lowest BCUT2D eigenvalue weighted by Crippen LogP contribution is -2.41. The van der Waals surface area contributed by atoms with Gasteiger partial charge < -0.3 is 10.5 Å². The zero-order valence-corrected chi connectivity index (χ0v) is 9.48. The van der Waals surface area contributed by atoms with Gasteiger partial charge in [0.2, 0.25) is 5.91 Å². The van der Waals surface area contributed by atoms with Gasteiger partial charge >= 0.3 is 0 Å². The molecule has 1 amide bonds. The van der Waals surface area contributed by atoms with Crippen LogP contribution in [0.4, 0.5) is 0 Å². The van der Waals surface area contributed by atoms with E-state index in [0.717, 1.165) is 24.2 Å². The van der Waals surface area contributed by atoms with E-state index in [9.17, 15) is 4.79 Å². The van der Waals surface area contributed by atoms with Crippen LogP contribution in [0.5, 0.6) is 5.75 Å². The summed E-state index contributed by atoms with van der Waals surface area (Å²) in [5.74, 6) is 0.459. The molecule has 1 aromatic rings. The highest BCUT2D eigenvalue weighted by molar-refractivity contribution is 5.78. The number of para-hydroxylation sites is 1. The third-order valence-corrected chi connectivity index (χ3v) is 3.08. The molecule has 0 saturated carbocycles. The van der Waals surface area contributed by atoms with Crippen LogP contribution in [0.15, 0.2) is 24.3 Å². The van der Waals surface area contributed by atoms with Gasteiger partial charge in [0.05, 0.1) is 5.92 Å². The standard InChI is InChI=1S/C13H17NO2/c1-2-5-12-10(13(14)15)8-9-6-3-4-7-11(9)16-12/h3-4,6-7,10,12H,2,5,8H2,1H3,(H2,14,15). The molecule has 1 aliphatic heterocycles. The second kappa shape index (κ2) is 4.56. The number of carbonyl (C=O) groups is 1. The maximum atomic E-state index is 11.4. The SMILES string of the molecule is CCCC1Oc2ccccc2CC1C(N)=O. The second-order valence-corrected chi connectivity index (χ2v) is 4.27. The lowest BCUT2D eigenvalue weighted by atomic mass is 9.88. The zero-order chi connectivity index (χ0) is 11.5. The molecule has 2 N–H and O–H groups in total. The van der Waals surface area contributed by atoms with E-state index < -0.39 is 0 Å². The van der Waals surface area contributed by atoms with Gasteiger partial charge in [0.15, 0.2) is 0 Å². The summed E-state index contributed by atoms with van der Waals surface area (Å²) < 4.78 is 5.85. The Balaban J connectivity index is 2.25. The van der Waals surface area contributed by atoms with Crippen LogP contribution in [0.3, 0.4) is 0 Å². The molecule has 0 spiro atoms. The summed E-state index contributed by atoms with van der Waals surface area (Å²) in [6.07, 6.45) is 2.52. The van der Waals surface area contributed by atoms with Gasteiger partial charge in [-0.05, 0) is 24.5 Å². The number of ether oxygens (including phenoxy) is 1. The minimum Gasteiger partial charge on any atom is -0.489 e. The zero-order valence-electron chi connectivity index (χ0n) is 9.48. The molecule has 2 atom stereocenters. The largest absolute Gasteiger partial charge is 0.489 e. The lowest BCUT2D eigenvalue weighted by molar-refractivity contribution is -0.125. The highest BCUT2D eigenvalue weighted by Gasteiger charge is 2.32. The molecule has 1 aliphatic rings. The van der Waals surface area contributed by atoms with Crippen molar-refractivity contribution in [1.82, 2.24) is 0 Å². The Morgan fingerprint density at radius 2 is 2.25 bits per heavy atom. The number of rotatable bonds is 3. The van der Waals surface area contributed by atoms with Crippen molar-refractivity contribution in [2.75, 3.05) is 0 Å². The van der Waals surface area contributed by atoms with E-state index in [2.05, 4.69) is 6.92 Å². The summed E-state index contributed by atoms with van der Waals surface area (Å²) in [6, 6.07) is 7.86. The number of nitrogens with two attached hydrogens (primary N) is 1. The summed E-state index contributed by atoms with van der Waals surface area (Å²) >= 11 is 0. The lowest BCUT2D eigenvalue weighted by Gasteiger charge is -2.31. The Labute approximate surface area is 95.6 Å². The van der Waals surface area contributed by atoms with Gasteiger partial charge in [-0.3, -0.25) is 4.79 Å². The fraction of sp³-hybridized carbons (Fsp3) is 0.462. The molecule has 0 aromatic heterocycles. The summed E-state index contributed by atoms with van der Waals surface area (Å²) in [5.41, 5.74) is 6.51. The van der Waals surface area contributed by atoms with Crippen molar-refractivity contribution in [3.05, 3.63) is 29.8 Å². The molecule has 0 saturated heterocycles. The Morgan fingerprint density at radius 1 is 1.50 bits per heavy atom. The van der Waals surface area contributed by atoms with Gasteiger partial charge in [0.25, 0.3) is 0 Å². The topological polar surface area (TPSA) is 52.3 Å². The van der Waals surface area contributed by atoms with Gasteiger partial charge in [-0.2, -0.15) is 0 Å². The predicted octanol–water partition coefficient (Wildman–Crippen LogP) is 1.89. The molecule has 3 nitrogen and oxygen atoms in total. The summed E-state index contributed by atoms with van der Waals surface area (Å²) in [6.45, 7) is 2.09. The van der Waals surface area contributed by atoms with Gasteiger partial charge in [-0.1, -0.05) is 31.5 Å². The van der Waals surface area contributed by atoms with E-state index in [4.69, 9.17) is 10.5 Å². The molecule has 0 bridgehead atoms. The van der Waals surface area contributed by atoms with E-state index in [1.54, 1.807) is 0 Å². The molecule has 0 aliphatic carbocycles. The van der Waals surface area contributed by atoms with Gasteiger partial charge in [0, 0.05) is 0 Å². The van der Waals surface area contributed by atoms with Crippen LogP contribution in [0.1, 0.15) is 25.3 Å². The first kappa shape index (κ1) is 11.0. The molecule has 1 heterocycles. The van der Waals surface area contributed by atoms with E-state index in [0.29, 0.717) is 6.42 Å². The number of fused-ring (bicyclic) bond motifs is 1. The number of hydrogen-bond donors (Lipinski definition) is 1. The van der Waals surface area contributed by atoms with Crippen LogP contribution in [-0.2, 0) is 11.2 Å². The predicted molar refractivity (Wildman–Crippen MR) is 62.2 cm³/mol. The number of hydrogen-bond acceptors (Lipinski definition) is 2. The second-order valence-electron chi connectivity index (χ2n) is 4.27. The fourth-order valence-corrected chi connectivity index (χ4v) is 2.23. The third kappa shape index (κ3) is 2.03. The average Bonchev–Trinajstić information content (AvgIpc) is 2.28. The van der Waals surface area contributed by atoms with Crippen LogP contribution >= 0.6 is 0 Å². The molecule has 16 heavy (non-hydrogen) atoms. The van der Waals surface area contributed by atoms with Crippen molar-refractivity contribution < 1.29 is 9.53 Å². The van der Waals surface area contributed by atoms with Crippen molar-refractivity contribution >= 4 is 5.91 Å². The van der Waals surface area contributed by atoms with Crippen molar-refractivity contribution in [2.24, 2.45) is 11.7 Å². The number of carbonyl (C=O) groups excluding carboxylic acids is 1. The van der Waals surface area contributed by atoms with Crippen molar-refractivity contribution in [1.29, 1.82) is 0 Å². The highest BCUT2D eigenvalue weighted by Crippen LogP contribution is 2.32. The van der Waals surface area contributed by atoms with E-state index in [-0.39, 0.29) is 17.9 Å². The number of benzene rings is 1. The maximum Gasteiger partial charge on any atom is 0.224 e. The van der Waals surface area contributed by atoms with E-state index >= 15 is 0 Å². The van der Waals surface area contributed by atoms with Crippen LogP contribution in [-0.4, -0.2) is 12.0 Å². The Bertz CT molecular complexity index is 389. The highest BCUT2D eigenvalue weighted by atomic mass is 16.5. The summed E-state index contributed by atoms with van der Waals surface area (Å²) in [5, 5.41) is 0. The van der Waals surface area contributed by atoms with Crippen LogP contribution in [0, 0.1) is 5.92 Å². The van der Waals surface area contributed by atoms with Gasteiger partial charge in [0.1, 0.15) is 11.9 Å². The molecule has 3 heteroatoms. The van der Waals surface area contributed by atoms with Crippen molar-refractivity contribution in [3.8, 4) is 5.75 Å². The monoisotopic (exact) mass is 219 g/mol. The minimum atomic E-state index is -0.257. The molecule has 2 unspecified atom stereocenters. The normalized spacial score (nSPS) is 23.3. The third-order valence-electron chi connectivity index (χ3n) is 3.08. The van der Waals surface area contributed by atoms with Crippen LogP contribution in [0.25, 0.3) is 0 Å². The van der Waals surface area contributed by atoms with Crippen LogP contribution < -0.4 is 10.5 Å². The molecule has 2 rings (SSSR count). The van der Waals surface area contributed by atoms with Crippen molar-refractivity contribution in [2.45, 2.75) is 32.3 Å². The Hall–Kier alpha value is -1.51. The summed E-state index contributed by atoms with van der Waals surface area (Å²) in [4.78, 5) is 11.4. The number of primary amides is 1. The molecular weight excluding hydrogens is 202 g/mol. The van der Waals surface area contributed by atoms with E-state index in [1.165, 1.54) is 0 Å². The fourth-order valence-electron chi connectivity index (χ4n) is 2.23. The van der Waals surface area contributed by atoms with Gasteiger partial charge in [-0.15, -0.1) is 0 Å². The maximum absolute atomic E-state index is 11.4. The molecule has 1 aromatic carbocycles. The van der Waals surface area contributed by atoms with Crippen LogP contribution in [0.2, 0.25) is 0 Å². The number of amides is 1. The van der Waals surface area contributed by atoms with Crippen molar-refractivity contribution in [3.63, 3.8) is 0 Å². The molecular formula is C13H17NO2. The first-order valence-electron chi connectivity index (χ1n) is 5.76. The van der Waals surface area contributed by atoms with E-state index in [1.807, 2.05) is 24.3 Å². The summed E-state index contributed by atoms with van der Waals surface area (Å²) in [7, 11) is 0. The minimum absolute atomic E-state index is 0.0580. The molecule has 86 valence electrons. The Kier molecular flexibility index (Phi) is 3.13. The van der Waals surface area contributed by atoms with Gasteiger partial charge in [-0.25, -0.2) is 0 Å². The smallest absolute Gasteiger partial charge is 0.224 e.